The number of nitrogens with two attached hydrogens (primary N) is 1. The third-order valence-electron chi connectivity index (χ3n) is 5.02. The van der Waals surface area contributed by atoms with Crippen LogP contribution in [0.1, 0.15) is 34.3 Å². The van der Waals surface area contributed by atoms with E-state index in [1.807, 2.05) is 0 Å². The van der Waals surface area contributed by atoms with Crippen molar-refractivity contribution in [3.05, 3.63) is 101 Å². The molecule has 0 atom stereocenters. The van der Waals surface area contributed by atoms with Gasteiger partial charge in [0.25, 0.3) is 5.91 Å². The van der Waals surface area contributed by atoms with E-state index in [0.717, 1.165) is 18.4 Å². The average molecular weight is 415 g/mol. The van der Waals surface area contributed by atoms with Gasteiger partial charge in [-0.25, -0.2) is 4.39 Å². The molecule has 4 rings (SSSR count). The van der Waals surface area contributed by atoms with E-state index in [4.69, 9.17) is 5.73 Å². The standard InChI is InChI=1S/C25H22FN3O2/c26-19-11-9-17(10-12-19)21(15-24(30)28-20-13-14-20)16-5-7-18(8-6-16)25(31)29-23-4-2-1-3-22(23)27/h1-12,15,20H,13-14,27H2,(H,28,30)(H,29,31). The van der Waals surface area contributed by atoms with Gasteiger partial charge in [0, 0.05) is 17.7 Å². The van der Waals surface area contributed by atoms with Gasteiger partial charge in [0.05, 0.1) is 11.4 Å². The summed E-state index contributed by atoms with van der Waals surface area (Å²) in [6, 6.07) is 20.1. The molecule has 0 saturated heterocycles. The van der Waals surface area contributed by atoms with E-state index in [1.54, 1.807) is 60.7 Å². The van der Waals surface area contributed by atoms with Gasteiger partial charge in [-0.2, -0.15) is 0 Å². The van der Waals surface area contributed by atoms with Gasteiger partial charge >= 0.3 is 0 Å². The second-order valence-corrected chi connectivity index (χ2v) is 7.47. The second-order valence-electron chi connectivity index (χ2n) is 7.47. The van der Waals surface area contributed by atoms with Crippen LogP contribution in [0, 0.1) is 5.82 Å². The number of benzene rings is 3. The van der Waals surface area contributed by atoms with Gasteiger partial charge in [-0.15, -0.1) is 0 Å². The predicted molar refractivity (Wildman–Crippen MR) is 120 cm³/mol. The summed E-state index contributed by atoms with van der Waals surface area (Å²) in [7, 11) is 0. The highest BCUT2D eigenvalue weighted by atomic mass is 19.1. The number of hydrogen-bond acceptors (Lipinski definition) is 3. The number of amides is 2. The zero-order valence-corrected chi connectivity index (χ0v) is 16.8. The summed E-state index contributed by atoms with van der Waals surface area (Å²) in [6.07, 6.45) is 3.49. The molecular formula is C25H22FN3O2. The van der Waals surface area contributed by atoms with Crippen molar-refractivity contribution in [3.8, 4) is 0 Å². The fraction of sp³-hybridized carbons (Fsp3) is 0.120. The van der Waals surface area contributed by atoms with Gasteiger partial charge in [-0.3, -0.25) is 9.59 Å². The first-order valence-corrected chi connectivity index (χ1v) is 10.0. The van der Waals surface area contributed by atoms with E-state index in [1.165, 1.54) is 18.2 Å². The van der Waals surface area contributed by atoms with Gasteiger partial charge in [0.2, 0.25) is 5.91 Å². The Bertz CT molecular complexity index is 1130. The van der Waals surface area contributed by atoms with Crippen molar-refractivity contribution in [2.45, 2.75) is 18.9 Å². The molecule has 0 aliphatic heterocycles. The summed E-state index contributed by atoms with van der Waals surface area (Å²) in [5, 5.41) is 5.72. The number of carbonyl (C=O) groups is 2. The maximum absolute atomic E-state index is 13.4. The second kappa shape index (κ2) is 8.83. The molecule has 0 radical (unpaired) electrons. The van der Waals surface area contributed by atoms with E-state index in [9.17, 15) is 14.0 Å². The van der Waals surface area contributed by atoms with Crippen LogP contribution in [-0.4, -0.2) is 17.9 Å². The molecule has 0 bridgehead atoms. The van der Waals surface area contributed by atoms with Crippen LogP contribution in [0.4, 0.5) is 15.8 Å². The molecule has 4 N–H and O–H groups in total. The molecule has 31 heavy (non-hydrogen) atoms. The van der Waals surface area contributed by atoms with Gasteiger partial charge in [0.15, 0.2) is 0 Å². The van der Waals surface area contributed by atoms with Crippen LogP contribution in [0.2, 0.25) is 0 Å². The van der Waals surface area contributed by atoms with E-state index in [0.29, 0.717) is 28.1 Å². The molecule has 3 aromatic rings. The van der Waals surface area contributed by atoms with Crippen LogP contribution in [-0.2, 0) is 4.79 Å². The lowest BCUT2D eigenvalue weighted by atomic mass is 9.96. The fourth-order valence-electron chi connectivity index (χ4n) is 3.17. The minimum atomic E-state index is -0.349. The van der Waals surface area contributed by atoms with Crippen molar-refractivity contribution < 1.29 is 14.0 Å². The molecule has 0 heterocycles. The first kappa shape index (κ1) is 20.3. The van der Waals surface area contributed by atoms with Crippen LogP contribution in [0.5, 0.6) is 0 Å². The Labute approximate surface area is 179 Å². The number of nitrogen functional groups attached to an aromatic ring is 1. The van der Waals surface area contributed by atoms with Gasteiger partial charge in [0.1, 0.15) is 5.82 Å². The lowest BCUT2D eigenvalue weighted by Crippen LogP contribution is -2.23. The molecule has 3 aromatic carbocycles. The maximum Gasteiger partial charge on any atom is 0.255 e. The monoisotopic (exact) mass is 415 g/mol. The lowest BCUT2D eigenvalue weighted by Gasteiger charge is -2.11. The number of nitrogens with one attached hydrogen (secondary N) is 2. The fourth-order valence-corrected chi connectivity index (χ4v) is 3.17. The predicted octanol–water partition coefficient (Wildman–Crippen LogP) is 4.37. The first-order valence-electron chi connectivity index (χ1n) is 10.0. The highest BCUT2D eigenvalue weighted by molar-refractivity contribution is 6.06. The van der Waals surface area contributed by atoms with Crippen LogP contribution >= 0.6 is 0 Å². The Hall–Kier alpha value is -3.93. The molecule has 6 heteroatoms. The number of para-hydroxylation sites is 2. The van der Waals surface area contributed by atoms with Crippen LogP contribution in [0.3, 0.4) is 0 Å². The summed E-state index contributed by atoms with van der Waals surface area (Å²) in [5.41, 5.74) is 9.46. The largest absolute Gasteiger partial charge is 0.397 e. The Morgan fingerprint density at radius 1 is 0.871 bits per heavy atom. The molecule has 0 aromatic heterocycles. The SMILES string of the molecule is Nc1ccccc1NC(=O)c1ccc(C(=CC(=O)NC2CC2)c2ccc(F)cc2)cc1. The van der Waals surface area contributed by atoms with Gasteiger partial charge in [-0.1, -0.05) is 36.4 Å². The topological polar surface area (TPSA) is 84.2 Å². The third-order valence-corrected chi connectivity index (χ3v) is 5.02. The molecule has 1 aliphatic carbocycles. The molecule has 5 nitrogen and oxygen atoms in total. The lowest BCUT2D eigenvalue weighted by molar-refractivity contribution is -0.116. The van der Waals surface area contributed by atoms with Gasteiger partial charge in [-0.05, 0) is 65.9 Å². The van der Waals surface area contributed by atoms with E-state index in [-0.39, 0.29) is 23.7 Å². The number of hydrogen-bond donors (Lipinski definition) is 3. The third kappa shape index (κ3) is 5.17. The van der Waals surface area contributed by atoms with Crippen molar-refractivity contribution in [2.24, 2.45) is 0 Å². The first-order chi connectivity index (χ1) is 15.0. The van der Waals surface area contributed by atoms with Crippen molar-refractivity contribution in [1.29, 1.82) is 0 Å². The van der Waals surface area contributed by atoms with Crippen molar-refractivity contribution >= 4 is 28.8 Å². The zero-order chi connectivity index (χ0) is 21.8. The minimum absolute atomic E-state index is 0.191. The number of carbonyl (C=O) groups excluding carboxylic acids is 2. The van der Waals surface area contributed by atoms with Crippen molar-refractivity contribution in [3.63, 3.8) is 0 Å². The Morgan fingerprint density at radius 2 is 1.45 bits per heavy atom. The number of anilines is 2. The number of rotatable bonds is 6. The highest BCUT2D eigenvalue weighted by Gasteiger charge is 2.23. The maximum atomic E-state index is 13.4. The quantitative estimate of drug-likeness (QED) is 0.413. The van der Waals surface area contributed by atoms with Crippen molar-refractivity contribution in [2.75, 3.05) is 11.1 Å². The van der Waals surface area contributed by atoms with Gasteiger partial charge < -0.3 is 16.4 Å². The highest BCUT2D eigenvalue weighted by Crippen LogP contribution is 2.26. The van der Waals surface area contributed by atoms with Crippen molar-refractivity contribution in [1.82, 2.24) is 5.32 Å². The summed E-state index contributed by atoms with van der Waals surface area (Å²) >= 11 is 0. The van der Waals surface area contributed by atoms with Crippen LogP contribution < -0.4 is 16.4 Å². The molecule has 2 amide bonds. The molecule has 1 fully saturated rings. The average Bonchev–Trinajstić information content (AvgIpc) is 3.58. The summed E-state index contributed by atoms with van der Waals surface area (Å²) in [5.74, 6) is -0.829. The normalized spacial score (nSPS) is 13.5. The van der Waals surface area contributed by atoms with Crippen LogP contribution in [0.15, 0.2) is 78.9 Å². The Balaban J connectivity index is 1.59. The molecular weight excluding hydrogens is 393 g/mol. The summed E-state index contributed by atoms with van der Waals surface area (Å²) in [6.45, 7) is 0. The molecule has 1 saturated carbocycles. The molecule has 1 aliphatic rings. The summed E-state index contributed by atoms with van der Waals surface area (Å²) < 4.78 is 13.4. The Morgan fingerprint density at radius 3 is 2.06 bits per heavy atom. The summed E-state index contributed by atoms with van der Waals surface area (Å²) in [4.78, 5) is 25.0. The van der Waals surface area contributed by atoms with Crippen LogP contribution in [0.25, 0.3) is 5.57 Å². The van der Waals surface area contributed by atoms with E-state index in [2.05, 4.69) is 10.6 Å². The zero-order valence-electron chi connectivity index (χ0n) is 16.8. The minimum Gasteiger partial charge on any atom is -0.397 e. The molecule has 156 valence electrons. The van der Waals surface area contributed by atoms with E-state index >= 15 is 0 Å². The molecule has 0 spiro atoms. The smallest absolute Gasteiger partial charge is 0.255 e. The molecule has 0 unspecified atom stereocenters. The van der Waals surface area contributed by atoms with E-state index < -0.39 is 0 Å². The number of halogens is 1. The Kier molecular flexibility index (Phi) is 5.80.